The second-order valence-corrected chi connectivity index (χ2v) is 8.85. The molecule has 0 spiro atoms. The maximum Gasteiger partial charge on any atom is 0.294 e. The molecule has 8 nitrogen and oxygen atoms in total. The Morgan fingerprint density at radius 3 is 2.03 bits per heavy atom. The van der Waals surface area contributed by atoms with Gasteiger partial charge in [-0.1, -0.05) is 36.4 Å². The molecule has 0 saturated carbocycles. The van der Waals surface area contributed by atoms with E-state index in [1.165, 1.54) is 18.2 Å². The Hall–Kier alpha value is -2.95. The zero-order valence-electron chi connectivity index (χ0n) is 19.6. The molecule has 0 unspecified atom stereocenters. The second kappa shape index (κ2) is 11.7. The number of aryl methyl sites for hydroxylation is 1. The molecule has 0 atom stereocenters. The van der Waals surface area contributed by atoms with E-state index in [0.29, 0.717) is 35.1 Å². The standard InChI is InChI=1S/C25H22N4O4S.Na/c1-3-33-25-14-11-17(2)15-24(25)29-28-23-13-12-22(20-9-4-5-10-21(20)23)27-26-18-7-6-8-19(16-18)34(30,31)32;/h4-16H,3H2,1-2H3,(H,30,31,32);. The van der Waals surface area contributed by atoms with Crippen molar-refractivity contribution in [3.05, 3.63) is 84.4 Å². The molecule has 1 N–H and O–H groups in total. The third-order valence-corrected chi connectivity index (χ3v) is 5.80. The Bertz CT molecular complexity index is 1520. The van der Waals surface area contributed by atoms with Gasteiger partial charge in [-0.3, -0.25) is 4.55 Å². The number of hydrogen-bond acceptors (Lipinski definition) is 7. The summed E-state index contributed by atoms with van der Waals surface area (Å²) < 4.78 is 37.6. The van der Waals surface area contributed by atoms with Crippen molar-refractivity contribution < 1.29 is 17.7 Å². The van der Waals surface area contributed by atoms with Crippen molar-refractivity contribution in [2.45, 2.75) is 18.7 Å². The van der Waals surface area contributed by atoms with Gasteiger partial charge in [-0.05, 0) is 61.9 Å². The van der Waals surface area contributed by atoms with Gasteiger partial charge in [0.25, 0.3) is 10.1 Å². The molecule has 4 aromatic rings. The summed E-state index contributed by atoms with van der Waals surface area (Å²) >= 11 is 0. The first-order valence-corrected chi connectivity index (χ1v) is 12.0. The fourth-order valence-corrected chi connectivity index (χ4v) is 3.87. The van der Waals surface area contributed by atoms with Gasteiger partial charge in [0.05, 0.1) is 28.6 Å². The van der Waals surface area contributed by atoms with Crippen LogP contribution in [0, 0.1) is 6.92 Å². The van der Waals surface area contributed by atoms with Crippen LogP contribution in [0.3, 0.4) is 0 Å². The number of benzene rings is 4. The van der Waals surface area contributed by atoms with Gasteiger partial charge in [0.2, 0.25) is 0 Å². The summed E-state index contributed by atoms with van der Waals surface area (Å²) in [5.74, 6) is 0.665. The quantitative estimate of drug-likeness (QED) is 0.165. The molecule has 4 aromatic carbocycles. The maximum atomic E-state index is 11.4. The topological polar surface area (TPSA) is 113 Å². The van der Waals surface area contributed by atoms with Crippen LogP contribution < -0.4 is 4.74 Å². The number of nitrogens with zero attached hydrogens (tertiary/aromatic N) is 4. The van der Waals surface area contributed by atoms with E-state index in [0.717, 1.165) is 16.3 Å². The molecule has 10 heteroatoms. The van der Waals surface area contributed by atoms with E-state index in [1.54, 1.807) is 18.2 Å². The third-order valence-electron chi connectivity index (χ3n) is 4.95. The summed E-state index contributed by atoms with van der Waals surface area (Å²) in [6.07, 6.45) is 0. The SMILES string of the molecule is CCOc1ccc(C)cc1N=Nc1ccc(N=Nc2cccc(S(=O)(=O)O)c2)c2ccccc12.[Na]. The van der Waals surface area contributed by atoms with Gasteiger partial charge in [0.1, 0.15) is 11.4 Å². The Labute approximate surface area is 225 Å². The van der Waals surface area contributed by atoms with Crippen molar-refractivity contribution in [1.82, 2.24) is 0 Å². The molecule has 0 aliphatic carbocycles. The minimum Gasteiger partial charge on any atom is -0.492 e. The van der Waals surface area contributed by atoms with Crippen LogP contribution in [0.2, 0.25) is 0 Å². The summed E-state index contributed by atoms with van der Waals surface area (Å²) in [5.41, 5.74) is 3.24. The Morgan fingerprint density at radius 1 is 0.771 bits per heavy atom. The number of rotatable bonds is 7. The minimum absolute atomic E-state index is 0. The maximum absolute atomic E-state index is 11.4. The van der Waals surface area contributed by atoms with Crippen LogP contribution in [0.4, 0.5) is 22.7 Å². The molecule has 0 bridgehead atoms. The smallest absolute Gasteiger partial charge is 0.294 e. The van der Waals surface area contributed by atoms with E-state index >= 15 is 0 Å². The van der Waals surface area contributed by atoms with E-state index in [1.807, 2.05) is 56.3 Å². The van der Waals surface area contributed by atoms with Crippen LogP contribution in [-0.2, 0) is 10.1 Å². The van der Waals surface area contributed by atoms with Crippen LogP contribution >= 0.6 is 0 Å². The Kier molecular flexibility index (Phi) is 8.87. The molecule has 0 aromatic heterocycles. The number of fused-ring (bicyclic) bond motifs is 1. The summed E-state index contributed by atoms with van der Waals surface area (Å²) in [6.45, 7) is 4.43. The van der Waals surface area contributed by atoms with Gasteiger partial charge in [-0.25, -0.2) is 0 Å². The minimum atomic E-state index is -4.32. The molecule has 0 heterocycles. The van der Waals surface area contributed by atoms with Gasteiger partial charge < -0.3 is 4.74 Å². The summed E-state index contributed by atoms with van der Waals surface area (Å²) in [5, 5.41) is 19.0. The second-order valence-electron chi connectivity index (χ2n) is 7.43. The first-order chi connectivity index (χ1) is 16.3. The van der Waals surface area contributed by atoms with E-state index in [4.69, 9.17) is 4.74 Å². The van der Waals surface area contributed by atoms with Gasteiger partial charge in [-0.15, -0.1) is 15.3 Å². The fourth-order valence-electron chi connectivity index (χ4n) is 3.35. The van der Waals surface area contributed by atoms with E-state index in [2.05, 4.69) is 20.5 Å². The largest absolute Gasteiger partial charge is 0.492 e. The first-order valence-electron chi connectivity index (χ1n) is 10.5. The van der Waals surface area contributed by atoms with Crippen LogP contribution in [0.5, 0.6) is 5.75 Å². The average molecular weight is 498 g/mol. The van der Waals surface area contributed by atoms with Gasteiger partial charge in [0.15, 0.2) is 0 Å². The van der Waals surface area contributed by atoms with Crippen molar-refractivity contribution in [3.63, 3.8) is 0 Å². The first kappa shape index (κ1) is 26.7. The summed E-state index contributed by atoms with van der Waals surface area (Å²) in [4.78, 5) is -0.243. The van der Waals surface area contributed by atoms with Crippen LogP contribution in [0.25, 0.3) is 10.8 Å². The normalized spacial score (nSPS) is 11.7. The zero-order valence-corrected chi connectivity index (χ0v) is 22.4. The van der Waals surface area contributed by atoms with E-state index < -0.39 is 10.1 Å². The molecule has 0 aliphatic heterocycles. The molecule has 0 fully saturated rings. The molecule has 4 rings (SSSR count). The number of hydrogen-bond donors (Lipinski definition) is 1. The predicted molar refractivity (Wildman–Crippen MR) is 137 cm³/mol. The summed E-state index contributed by atoms with van der Waals surface area (Å²) in [7, 11) is -4.32. The van der Waals surface area contributed by atoms with Crippen molar-refractivity contribution in [2.75, 3.05) is 6.61 Å². The zero-order chi connectivity index (χ0) is 24.1. The fraction of sp³-hybridized carbons (Fsp3) is 0.120. The van der Waals surface area contributed by atoms with Gasteiger partial charge in [-0.2, -0.15) is 13.5 Å². The van der Waals surface area contributed by atoms with Crippen LogP contribution in [0.15, 0.2) is 104 Å². The van der Waals surface area contributed by atoms with E-state index in [-0.39, 0.29) is 34.5 Å². The van der Waals surface area contributed by atoms with E-state index in [9.17, 15) is 13.0 Å². The molecule has 35 heavy (non-hydrogen) atoms. The molecule has 173 valence electrons. The van der Waals surface area contributed by atoms with Crippen molar-refractivity contribution >= 4 is 73.2 Å². The molecule has 0 saturated heterocycles. The molecule has 0 aliphatic rings. The van der Waals surface area contributed by atoms with Gasteiger partial charge >= 0.3 is 0 Å². The Balaban J connectivity index is 0.00000342. The van der Waals surface area contributed by atoms with Crippen molar-refractivity contribution in [1.29, 1.82) is 0 Å². The third kappa shape index (κ3) is 6.59. The molecular weight excluding hydrogens is 475 g/mol. The predicted octanol–water partition coefficient (Wildman–Crippen LogP) is 7.24. The average Bonchev–Trinajstić information content (AvgIpc) is 2.83. The van der Waals surface area contributed by atoms with Crippen molar-refractivity contribution in [3.8, 4) is 5.75 Å². The molecule has 1 radical (unpaired) electrons. The van der Waals surface area contributed by atoms with Crippen LogP contribution in [0.1, 0.15) is 12.5 Å². The Morgan fingerprint density at radius 2 is 1.40 bits per heavy atom. The molecular formula is C25H22N4NaO4S. The number of ether oxygens (including phenoxy) is 1. The van der Waals surface area contributed by atoms with Crippen LogP contribution in [-0.4, -0.2) is 49.1 Å². The monoisotopic (exact) mass is 497 g/mol. The summed E-state index contributed by atoms with van der Waals surface area (Å²) in [6, 6.07) is 22.5. The number of azo groups is 2. The molecule has 0 amide bonds. The van der Waals surface area contributed by atoms with Crippen molar-refractivity contribution in [2.24, 2.45) is 20.5 Å². The van der Waals surface area contributed by atoms with Gasteiger partial charge in [0, 0.05) is 40.3 Å².